The molecule has 0 saturated heterocycles. The molecular formula is C17H15ClN2O5. The third-order valence-corrected chi connectivity index (χ3v) is 3.26. The Morgan fingerprint density at radius 2 is 1.72 bits per heavy atom. The minimum absolute atomic E-state index is 0.156. The van der Waals surface area contributed by atoms with Crippen LogP contribution in [-0.4, -0.2) is 24.5 Å². The minimum Gasteiger partial charge on any atom is -0.488 e. The van der Waals surface area contributed by atoms with Gasteiger partial charge in [0.05, 0.1) is 0 Å². The van der Waals surface area contributed by atoms with Crippen molar-refractivity contribution in [1.82, 2.24) is 5.32 Å². The predicted molar refractivity (Wildman–Crippen MR) is 90.2 cm³/mol. The van der Waals surface area contributed by atoms with Crippen molar-refractivity contribution in [3.05, 3.63) is 64.7 Å². The fourth-order valence-electron chi connectivity index (χ4n) is 1.89. The predicted octanol–water partition coefficient (Wildman–Crippen LogP) is 2.27. The van der Waals surface area contributed by atoms with E-state index in [-0.39, 0.29) is 12.2 Å². The van der Waals surface area contributed by atoms with Crippen LogP contribution in [0.2, 0.25) is 5.02 Å². The fourth-order valence-corrected chi connectivity index (χ4v) is 2.01. The number of hydrogen-bond donors (Lipinski definition) is 2. The van der Waals surface area contributed by atoms with E-state index < -0.39 is 24.5 Å². The first-order valence-corrected chi connectivity index (χ1v) is 7.56. The molecule has 0 saturated carbocycles. The topological polar surface area (TPSA) is 108 Å². The fraction of sp³-hybridized carbons (Fsp3) is 0.118. The highest BCUT2D eigenvalue weighted by molar-refractivity contribution is 6.30. The average Bonchev–Trinajstić information content (AvgIpc) is 2.59. The number of nitrogens with two attached hydrogens (primary N) is 1. The lowest BCUT2D eigenvalue weighted by Gasteiger charge is -2.11. The Balaban J connectivity index is 1.99. The molecule has 2 aromatic rings. The first-order chi connectivity index (χ1) is 12.0. The van der Waals surface area contributed by atoms with Gasteiger partial charge in [-0.3, -0.25) is 10.1 Å². The summed E-state index contributed by atoms with van der Waals surface area (Å²) in [5.74, 6) is -1.27. The van der Waals surface area contributed by atoms with Gasteiger partial charge in [-0.2, -0.15) is 0 Å². The number of esters is 1. The number of primary amides is 1. The molecule has 3 amide bonds. The van der Waals surface area contributed by atoms with Crippen molar-refractivity contribution in [3.8, 4) is 5.75 Å². The number of rotatable bonds is 6. The molecule has 8 heteroatoms. The van der Waals surface area contributed by atoms with Crippen LogP contribution in [-0.2, 0) is 16.1 Å². The van der Waals surface area contributed by atoms with E-state index in [0.717, 1.165) is 5.56 Å². The third kappa shape index (κ3) is 5.82. The number of imide groups is 1. The average molecular weight is 363 g/mol. The number of para-hydroxylation sites is 1. The summed E-state index contributed by atoms with van der Waals surface area (Å²) in [6.45, 7) is -0.406. The van der Waals surface area contributed by atoms with Crippen molar-refractivity contribution in [2.24, 2.45) is 5.73 Å². The van der Waals surface area contributed by atoms with Crippen molar-refractivity contribution in [2.45, 2.75) is 6.61 Å². The lowest BCUT2D eigenvalue weighted by atomic mass is 10.2. The number of carbonyl (C=O) groups excluding carboxylic acids is 3. The summed E-state index contributed by atoms with van der Waals surface area (Å²) >= 11 is 5.82. The molecule has 0 unspecified atom stereocenters. The van der Waals surface area contributed by atoms with Crippen LogP contribution in [0.4, 0.5) is 4.79 Å². The van der Waals surface area contributed by atoms with Gasteiger partial charge in [0.1, 0.15) is 17.9 Å². The number of nitrogens with one attached hydrogen (secondary N) is 1. The maximum absolute atomic E-state index is 12.1. The monoisotopic (exact) mass is 362 g/mol. The number of hydrogen-bond acceptors (Lipinski definition) is 5. The van der Waals surface area contributed by atoms with E-state index in [9.17, 15) is 14.4 Å². The van der Waals surface area contributed by atoms with Crippen LogP contribution in [0.25, 0.3) is 0 Å². The van der Waals surface area contributed by atoms with Gasteiger partial charge in [0.25, 0.3) is 5.91 Å². The molecule has 0 fully saturated rings. The summed E-state index contributed by atoms with van der Waals surface area (Å²) in [6.07, 6.45) is 0. The van der Waals surface area contributed by atoms with Crippen LogP contribution in [0.3, 0.4) is 0 Å². The molecule has 0 aliphatic rings. The lowest BCUT2D eigenvalue weighted by Crippen LogP contribution is -2.37. The van der Waals surface area contributed by atoms with E-state index in [1.807, 2.05) is 0 Å². The molecule has 0 heterocycles. The molecule has 0 bridgehead atoms. The second-order valence-electron chi connectivity index (χ2n) is 4.90. The number of urea groups is 1. The van der Waals surface area contributed by atoms with Crippen LogP contribution in [0.1, 0.15) is 15.9 Å². The molecular weight excluding hydrogens is 348 g/mol. The zero-order chi connectivity index (χ0) is 18.2. The van der Waals surface area contributed by atoms with E-state index in [2.05, 4.69) is 0 Å². The Morgan fingerprint density at radius 3 is 2.40 bits per heavy atom. The number of benzene rings is 2. The van der Waals surface area contributed by atoms with Crippen molar-refractivity contribution >= 4 is 29.5 Å². The molecule has 0 radical (unpaired) electrons. The molecule has 7 nitrogen and oxygen atoms in total. The maximum Gasteiger partial charge on any atom is 0.342 e. The summed E-state index contributed by atoms with van der Waals surface area (Å²) in [7, 11) is 0. The standard InChI is InChI=1S/C17H15ClN2O5/c18-12-7-5-11(6-8-12)9-24-14-4-2-1-3-13(14)16(22)25-10-15(21)20-17(19)23/h1-8H,9-10H2,(H3,19,20,21,23). The minimum atomic E-state index is -1.02. The van der Waals surface area contributed by atoms with Gasteiger partial charge in [-0.1, -0.05) is 35.9 Å². The molecule has 0 aliphatic heterocycles. The summed E-state index contributed by atoms with van der Waals surface area (Å²) in [6, 6.07) is 12.5. The van der Waals surface area contributed by atoms with E-state index in [1.54, 1.807) is 47.8 Å². The quantitative estimate of drug-likeness (QED) is 0.766. The molecule has 0 aliphatic carbocycles. The van der Waals surface area contributed by atoms with Crippen molar-refractivity contribution in [3.63, 3.8) is 0 Å². The third-order valence-electron chi connectivity index (χ3n) is 3.01. The van der Waals surface area contributed by atoms with Gasteiger partial charge >= 0.3 is 12.0 Å². The second-order valence-corrected chi connectivity index (χ2v) is 5.34. The van der Waals surface area contributed by atoms with E-state index in [1.165, 1.54) is 6.07 Å². The van der Waals surface area contributed by atoms with Crippen molar-refractivity contribution in [1.29, 1.82) is 0 Å². The zero-order valence-electron chi connectivity index (χ0n) is 13.0. The molecule has 2 aromatic carbocycles. The number of ether oxygens (including phenoxy) is 2. The summed E-state index contributed by atoms with van der Waals surface area (Å²) in [4.78, 5) is 33.9. The van der Waals surface area contributed by atoms with Gasteiger partial charge in [-0.25, -0.2) is 9.59 Å². The molecule has 0 spiro atoms. The van der Waals surface area contributed by atoms with Gasteiger partial charge in [-0.15, -0.1) is 0 Å². The van der Waals surface area contributed by atoms with Gasteiger partial charge in [0, 0.05) is 5.02 Å². The molecule has 25 heavy (non-hydrogen) atoms. The molecule has 0 atom stereocenters. The van der Waals surface area contributed by atoms with Crippen LogP contribution < -0.4 is 15.8 Å². The molecule has 3 N–H and O–H groups in total. The normalized spacial score (nSPS) is 9.96. The summed E-state index contributed by atoms with van der Waals surface area (Å²) in [5, 5.41) is 2.41. The SMILES string of the molecule is NC(=O)NC(=O)COC(=O)c1ccccc1OCc1ccc(Cl)cc1. The Morgan fingerprint density at radius 1 is 1.04 bits per heavy atom. The molecule has 2 rings (SSSR count). The Kier molecular flexibility index (Phi) is 6.36. The Hall–Kier alpha value is -3.06. The first kappa shape index (κ1) is 18.3. The van der Waals surface area contributed by atoms with Gasteiger partial charge in [0.15, 0.2) is 6.61 Å². The summed E-state index contributed by atoms with van der Waals surface area (Å²) in [5.41, 5.74) is 5.82. The van der Waals surface area contributed by atoms with Crippen LogP contribution in [0, 0.1) is 0 Å². The Bertz CT molecular complexity index is 777. The number of carbonyl (C=O) groups is 3. The van der Waals surface area contributed by atoms with Crippen LogP contribution in [0.15, 0.2) is 48.5 Å². The zero-order valence-corrected chi connectivity index (χ0v) is 13.8. The Labute approximate surface area is 148 Å². The van der Waals surface area contributed by atoms with E-state index >= 15 is 0 Å². The van der Waals surface area contributed by atoms with Gasteiger partial charge in [-0.05, 0) is 29.8 Å². The maximum atomic E-state index is 12.1. The van der Waals surface area contributed by atoms with Gasteiger partial charge < -0.3 is 15.2 Å². The molecule has 0 aromatic heterocycles. The smallest absolute Gasteiger partial charge is 0.342 e. The molecule has 130 valence electrons. The van der Waals surface area contributed by atoms with Crippen LogP contribution in [0.5, 0.6) is 5.75 Å². The highest BCUT2D eigenvalue weighted by Gasteiger charge is 2.16. The second kappa shape index (κ2) is 8.70. The summed E-state index contributed by atoms with van der Waals surface area (Å²) < 4.78 is 10.5. The van der Waals surface area contributed by atoms with Crippen molar-refractivity contribution < 1.29 is 23.9 Å². The van der Waals surface area contributed by atoms with Crippen LogP contribution >= 0.6 is 11.6 Å². The number of amides is 3. The van der Waals surface area contributed by atoms with Crippen molar-refractivity contribution in [2.75, 3.05) is 6.61 Å². The highest BCUT2D eigenvalue weighted by atomic mass is 35.5. The highest BCUT2D eigenvalue weighted by Crippen LogP contribution is 2.21. The lowest BCUT2D eigenvalue weighted by molar-refractivity contribution is -0.123. The van der Waals surface area contributed by atoms with E-state index in [0.29, 0.717) is 10.8 Å². The first-order valence-electron chi connectivity index (χ1n) is 7.18. The number of halogens is 1. The largest absolute Gasteiger partial charge is 0.488 e. The van der Waals surface area contributed by atoms with Gasteiger partial charge in [0.2, 0.25) is 0 Å². The van der Waals surface area contributed by atoms with E-state index in [4.69, 9.17) is 26.8 Å².